The summed E-state index contributed by atoms with van der Waals surface area (Å²) in [4.78, 5) is 0. The van der Waals surface area contributed by atoms with E-state index in [9.17, 15) is 0 Å². The van der Waals surface area contributed by atoms with Crippen molar-refractivity contribution < 1.29 is 9.47 Å². The zero-order valence-electron chi connectivity index (χ0n) is 9.19. The summed E-state index contributed by atoms with van der Waals surface area (Å²) in [7, 11) is 3.22. The Bertz CT molecular complexity index is 336. The molecule has 0 bridgehead atoms. The molecule has 0 unspecified atom stereocenters. The van der Waals surface area contributed by atoms with E-state index in [1.54, 1.807) is 20.3 Å². The van der Waals surface area contributed by atoms with Crippen molar-refractivity contribution in [2.45, 2.75) is 12.5 Å². The zero-order chi connectivity index (χ0) is 11.3. The van der Waals surface area contributed by atoms with Gasteiger partial charge in [-0.15, -0.1) is 6.58 Å². The minimum atomic E-state index is -0.0395. The fraction of sp³-hybridized carbons (Fsp3) is 0.333. The lowest BCUT2D eigenvalue weighted by atomic mass is 10.0. The third kappa shape index (κ3) is 2.73. The summed E-state index contributed by atoms with van der Waals surface area (Å²) in [5.41, 5.74) is 6.97. The smallest absolute Gasteiger partial charge is 0.161 e. The molecule has 0 aliphatic heterocycles. The van der Waals surface area contributed by atoms with Crippen molar-refractivity contribution in [3.8, 4) is 11.5 Å². The van der Waals surface area contributed by atoms with Gasteiger partial charge in [-0.05, 0) is 24.1 Å². The van der Waals surface area contributed by atoms with Crippen LogP contribution in [0.4, 0.5) is 0 Å². The molecule has 1 rings (SSSR count). The van der Waals surface area contributed by atoms with E-state index in [2.05, 4.69) is 6.58 Å². The number of rotatable bonds is 5. The Morgan fingerprint density at radius 2 is 2.00 bits per heavy atom. The minimum Gasteiger partial charge on any atom is -0.493 e. The highest BCUT2D eigenvalue weighted by Crippen LogP contribution is 2.30. The molecule has 1 atom stereocenters. The van der Waals surface area contributed by atoms with Crippen LogP contribution < -0.4 is 15.2 Å². The summed E-state index contributed by atoms with van der Waals surface area (Å²) in [6.07, 6.45) is 2.55. The molecule has 0 saturated carbocycles. The molecule has 0 aliphatic rings. The van der Waals surface area contributed by atoms with Crippen LogP contribution in [0.1, 0.15) is 18.0 Å². The van der Waals surface area contributed by atoms with Crippen LogP contribution in [0.15, 0.2) is 30.9 Å². The van der Waals surface area contributed by atoms with Crippen LogP contribution in [-0.4, -0.2) is 14.2 Å². The van der Waals surface area contributed by atoms with Crippen molar-refractivity contribution >= 4 is 0 Å². The van der Waals surface area contributed by atoms with E-state index < -0.39 is 0 Å². The number of methoxy groups -OCH3 is 2. The van der Waals surface area contributed by atoms with E-state index in [1.807, 2.05) is 18.2 Å². The molecule has 0 radical (unpaired) electrons. The van der Waals surface area contributed by atoms with E-state index >= 15 is 0 Å². The van der Waals surface area contributed by atoms with E-state index in [-0.39, 0.29) is 6.04 Å². The van der Waals surface area contributed by atoms with Crippen LogP contribution in [0.5, 0.6) is 11.5 Å². The Labute approximate surface area is 90.5 Å². The van der Waals surface area contributed by atoms with Crippen molar-refractivity contribution in [2.24, 2.45) is 5.73 Å². The van der Waals surface area contributed by atoms with Gasteiger partial charge in [0.05, 0.1) is 14.2 Å². The maximum atomic E-state index is 5.95. The van der Waals surface area contributed by atoms with Crippen LogP contribution in [0.2, 0.25) is 0 Å². The Hall–Kier alpha value is -1.48. The predicted octanol–water partition coefficient (Wildman–Crippen LogP) is 2.28. The van der Waals surface area contributed by atoms with Gasteiger partial charge in [0.25, 0.3) is 0 Å². The average Bonchev–Trinajstić information content (AvgIpc) is 2.28. The highest BCUT2D eigenvalue weighted by Gasteiger charge is 2.08. The molecule has 0 spiro atoms. The van der Waals surface area contributed by atoms with Crippen molar-refractivity contribution in [1.82, 2.24) is 0 Å². The molecular weight excluding hydrogens is 190 g/mol. The first-order valence-electron chi connectivity index (χ1n) is 4.81. The SMILES string of the molecule is C=CC[C@H](N)c1ccc(OC)c(OC)c1. The molecule has 0 heterocycles. The van der Waals surface area contributed by atoms with E-state index in [0.29, 0.717) is 11.5 Å². The number of hydrogen-bond acceptors (Lipinski definition) is 3. The standard InChI is InChI=1S/C12H17NO2/c1-4-5-10(13)9-6-7-11(14-2)12(8-9)15-3/h4,6-8,10H,1,5,13H2,2-3H3/t10-/m0/s1. The lowest BCUT2D eigenvalue weighted by molar-refractivity contribution is 0.354. The first-order valence-corrected chi connectivity index (χ1v) is 4.81. The monoisotopic (exact) mass is 207 g/mol. The molecule has 82 valence electrons. The third-order valence-electron chi connectivity index (χ3n) is 2.26. The first-order chi connectivity index (χ1) is 7.22. The van der Waals surface area contributed by atoms with Crippen molar-refractivity contribution in [2.75, 3.05) is 14.2 Å². The number of hydrogen-bond donors (Lipinski definition) is 1. The topological polar surface area (TPSA) is 44.5 Å². The van der Waals surface area contributed by atoms with Gasteiger partial charge in [0, 0.05) is 6.04 Å². The summed E-state index contributed by atoms with van der Waals surface area (Å²) in [5, 5.41) is 0. The summed E-state index contributed by atoms with van der Waals surface area (Å²) in [6.45, 7) is 3.67. The lowest BCUT2D eigenvalue weighted by Gasteiger charge is -2.13. The molecule has 0 aromatic heterocycles. The van der Waals surface area contributed by atoms with Crippen LogP contribution in [0, 0.1) is 0 Å². The van der Waals surface area contributed by atoms with Gasteiger partial charge in [-0.3, -0.25) is 0 Å². The molecule has 1 aromatic rings. The molecular formula is C12H17NO2. The molecule has 1 aromatic carbocycles. The van der Waals surface area contributed by atoms with Crippen molar-refractivity contribution in [3.05, 3.63) is 36.4 Å². The first kappa shape index (κ1) is 11.6. The Morgan fingerprint density at radius 1 is 1.33 bits per heavy atom. The van der Waals surface area contributed by atoms with E-state index in [1.165, 1.54) is 0 Å². The normalized spacial score (nSPS) is 11.9. The lowest BCUT2D eigenvalue weighted by Crippen LogP contribution is -2.09. The maximum absolute atomic E-state index is 5.95. The zero-order valence-corrected chi connectivity index (χ0v) is 9.19. The predicted molar refractivity (Wildman–Crippen MR) is 61.3 cm³/mol. The third-order valence-corrected chi connectivity index (χ3v) is 2.26. The molecule has 0 amide bonds. The van der Waals surface area contributed by atoms with Crippen LogP contribution in [0.25, 0.3) is 0 Å². The summed E-state index contributed by atoms with van der Waals surface area (Å²) in [5.74, 6) is 1.42. The molecule has 2 N–H and O–H groups in total. The summed E-state index contributed by atoms with van der Waals surface area (Å²) >= 11 is 0. The fourth-order valence-electron chi connectivity index (χ4n) is 1.40. The molecule has 15 heavy (non-hydrogen) atoms. The Balaban J connectivity index is 2.96. The molecule has 3 nitrogen and oxygen atoms in total. The quantitative estimate of drug-likeness (QED) is 0.753. The van der Waals surface area contributed by atoms with Gasteiger partial charge < -0.3 is 15.2 Å². The average molecular weight is 207 g/mol. The van der Waals surface area contributed by atoms with Gasteiger partial charge >= 0.3 is 0 Å². The second kappa shape index (κ2) is 5.41. The second-order valence-corrected chi connectivity index (χ2v) is 3.25. The number of benzene rings is 1. The highest BCUT2D eigenvalue weighted by atomic mass is 16.5. The molecule has 0 aliphatic carbocycles. The minimum absolute atomic E-state index is 0.0395. The van der Waals surface area contributed by atoms with Gasteiger partial charge in [0.2, 0.25) is 0 Å². The maximum Gasteiger partial charge on any atom is 0.161 e. The molecule has 0 fully saturated rings. The van der Waals surface area contributed by atoms with Crippen LogP contribution in [0.3, 0.4) is 0 Å². The second-order valence-electron chi connectivity index (χ2n) is 3.25. The molecule has 0 saturated heterocycles. The van der Waals surface area contributed by atoms with Crippen molar-refractivity contribution in [1.29, 1.82) is 0 Å². The van der Waals surface area contributed by atoms with Gasteiger partial charge in [-0.25, -0.2) is 0 Å². The van der Waals surface area contributed by atoms with Gasteiger partial charge in [-0.2, -0.15) is 0 Å². The summed E-state index contributed by atoms with van der Waals surface area (Å²) in [6, 6.07) is 5.65. The largest absolute Gasteiger partial charge is 0.493 e. The Morgan fingerprint density at radius 3 is 2.53 bits per heavy atom. The highest BCUT2D eigenvalue weighted by molar-refractivity contribution is 5.43. The van der Waals surface area contributed by atoms with Crippen LogP contribution in [-0.2, 0) is 0 Å². The number of nitrogens with two attached hydrogens (primary N) is 1. The molecule has 3 heteroatoms. The summed E-state index contributed by atoms with van der Waals surface area (Å²) < 4.78 is 10.3. The van der Waals surface area contributed by atoms with Gasteiger partial charge in [0.1, 0.15) is 0 Å². The van der Waals surface area contributed by atoms with E-state index in [4.69, 9.17) is 15.2 Å². The van der Waals surface area contributed by atoms with E-state index in [0.717, 1.165) is 12.0 Å². The van der Waals surface area contributed by atoms with Gasteiger partial charge in [-0.1, -0.05) is 12.1 Å². The number of ether oxygens (including phenoxy) is 2. The van der Waals surface area contributed by atoms with Gasteiger partial charge in [0.15, 0.2) is 11.5 Å². The fourth-order valence-corrected chi connectivity index (χ4v) is 1.40. The Kier molecular flexibility index (Phi) is 4.18. The van der Waals surface area contributed by atoms with Crippen LogP contribution >= 0.6 is 0 Å². The van der Waals surface area contributed by atoms with Crippen molar-refractivity contribution in [3.63, 3.8) is 0 Å².